The SMILES string of the molecule is C[C@@H]1CCCC[C@H]1NC(=O)CN(C)S(=O)(=O)c1ccc2nc(-c3ccccc3)[nH]c2c1. The number of rotatable bonds is 6. The average Bonchev–Trinajstić information content (AvgIpc) is 3.19. The number of nitrogens with zero attached hydrogens (tertiary/aromatic N) is 2. The molecule has 2 aromatic carbocycles. The Bertz CT molecular complexity index is 1170. The third-order valence-corrected chi connectivity index (χ3v) is 7.83. The molecular weight excluding hydrogens is 412 g/mol. The van der Waals surface area contributed by atoms with E-state index < -0.39 is 10.0 Å². The maximum atomic E-state index is 13.1. The fourth-order valence-electron chi connectivity index (χ4n) is 4.13. The van der Waals surface area contributed by atoms with Gasteiger partial charge in [-0.15, -0.1) is 0 Å². The van der Waals surface area contributed by atoms with Gasteiger partial charge < -0.3 is 10.3 Å². The summed E-state index contributed by atoms with van der Waals surface area (Å²) in [7, 11) is -2.37. The second-order valence-corrected chi connectivity index (χ2v) is 10.4. The molecule has 0 aliphatic heterocycles. The Kier molecular flexibility index (Phi) is 6.11. The predicted molar refractivity (Wildman–Crippen MR) is 121 cm³/mol. The molecule has 1 aliphatic carbocycles. The molecule has 3 aromatic rings. The van der Waals surface area contributed by atoms with Crippen molar-refractivity contribution in [2.75, 3.05) is 13.6 Å². The van der Waals surface area contributed by atoms with Crippen LogP contribution >= 0.6 is 0 Å². The smallest absolute Gasteiger partial charge is 0.243 e. The Balaban J connectivity index is 1.50. The summed E-state index contributed by atoms with van der Waals surface area (Å²) in [6.07, 6.45) is 4.32. The van der Waals surface area contributed by atoms with Gasteiger partial charge in [-0.05, 0) is 37.0 Å². The molecule has 1 fully saturated rings. The molecule has 0 unspecified atom stereocenters. The average molecular weight is 441 g/mol. The molecule has 8 heteroatoms. The van der Waals surface area contributed by atoms with Crippen molar-refractivity contribution in [3.8, 4) is 11.4 Å². The molecular formula is C23H28N4O3S. The van der Waals surface area contributed by atoms with Gasteiger partial charge >= 0.3 is 0 Å². The lowest BCUT2D eigenvalue weighted by Gasteiger charge is -2.30. The molecule has 7 nitrogen and oxygen atoms in total. The lowest BCUT2D eigenvalue weighted by Crippen LogP contribution is -2.46. The molecule has 0 bridgehead atoms. The molecule has 1 amide bonds. The monoisotopic (exact) mass is 440 g/mol. The molecule has 0 radical (unpaired) electrons. The number of imidazole rings is 1. The van der Waals surface area contributed by atoms with Crippen molar-refractivity contribution in [1.82, 2.24) is 19.6 Å². The number of carbonyl (C=O) groups is 1. The molecule has 0 spiro atoms. The van der Waals surface area contributed by atoms with Crippen molar-refractivity contribution < 1.29 is 13.2 Å². The first kappa shape index (κ1) is 21.5. The van der Waals surface area contributed by atoms with Crippen molar-refractivity contribution in [2.45, 2.75) is 43.5 Å². The highest BCUT2D eigenvalue weighted by Gasteiger charge is 2.27. The Hall–Kier alpha value is -2.71. The lowest BCUT2D eigenvalue weighted by atomic mass is 9.86. The molecule has 2 N–H and O–H groups in total. The van der Waals surface area contributed by atoms with E-state index in [0.717, 1.165) is 29.1 Å². The van der Waals surface area contributed by atoms with Crippen LogP contribution in [0.15, 0.2) is 53.4 Å². The van der Waals surface area contributed by atoms with Crippen LogP contribution in [0.5, 0.6) is 0 Å². The number of aromatic amines is 1. The van der Waals surface area contributed by atoms with Crippen molar-refractivity contribution >= 4 is 27.0 Å². The van der Waals surface area contributed by atoms with Crippen LogP contribution < -0.4 is 5.32 Å². The van der Waals surface area contributed by atoms with Gasteiger partial charge in [0.05, 0.1) is 22.5 Å². The maximum absolute atomic E-state index is 13.1. The molecule has 31 heavy (non-hydrogen) atoms. The number of sulfonamides is 1. The molecule has 1 heterocycles. The number of fused-ring (bicyclic) bond motifs is 1. The Morgan fingerprint density at radius 1 is 1.16 bits per heavy atom. The summed E-state index contributed by atoms with van der Waals surface area (Å²) >= 11 is 0. The number of H-pyrrole nitrogens is 1. The van der Waals surface area contributed by atoms with Gasteiger partial charge in [0.2, 0.25) is 15.9 Å². The minimum atomic E-state index is -3.81. The van der Waals surface area contributed by atoms with Crippen molar-refractivity contribution in [1.29, 1.82) is 0 Å². The van der Waals surface area contributed by atoms with Gasteiger partial charge in [-0.2, -0.15) is 4.31 Å². The van der Waals surface area contributed by atoms with Gasteiger partial charge in [-0.1, -0.05) is 50.1 Å². The van der Waals surface area contributed by atoms with Gasteiger partial charge in [0.15, 0.2) is 0 Å². The Morgan fingerprint density at radius 3 is 2.65 bits per heavy atom. The zero-order valence-electron chi connectivity index (χ0n) is 17.8. The van der Waals surface area contributed by atoms with Crippen LogP contribution in [0.4, 0.5) is 0 Å². The highest BCUT2D eigenvalue weighted by Crippen LogP contribution is 2.25. The molecule has 0 saturated heterocycles. The van der Waals surface area contributed by atoms with E-state index in [1.807, 2.05) is 30.3 Å². The van der Waals surface area contributed by atoms with Crippen LogP contribution in [-0.2, 0) is 14.8 Å². The van der Waals surface area contributed by atoms with Gasteiger partial charge in [0, 0.05) is 18.7 Å². The van der Waals surface area contributed by atoms with Crippen molar-refractivity contribution in [2.24, 2.45) is 5.92 Å². The number of aromatic nitrogens is 2. The Labute approximate surface area is 182 Å². The summed E-state index contributed by atoms with van der Waals surface area (Å²) < 4.78 is 27.2. The zero-order valence-corrected chi connectivity index (χ0v) is 18.7. The van der Waals surface area contributed by atoms with Gasteiger partial charge in [0.25, 0.3) is 0 Å². The number of hydrogen-bond acceptors (Lipinski definition) is 4. The quantitative estimate of drug-likeness (QED) is 0.613. The first-order valence-corrected chi connectivity index (χ1v) is 12.1. The standard InChI is InChI=1S/C23H28N4O3S/c1-16-8-6-7-11-19(16)24-22(28)15-27(2)31(29,30)18-12-13-20-21(14-18)26-23(25-20)17-9-4-3-5-10-17/h3-5,9-10,12-14,16,19H,6-8,11,15H2,1-2H3,(H,24,28)(H,25,26)/t16-,19-/m1/s1. The molecule has 164 valence electrons. The normalized spacial score (nSPS) is 19.6. The molecule has 1 aliphatic rings. The topological polar surface area (TPSA) is 95.2 Å². The summed E-state index contributed by atoms with van der Waals surface area (Å²) in [5.41, 5.74) is 2.24. The molecule has 1 aromatic heterocycles. The van der Waals surface area contributed by atoms with Gasteiger partial charge in [-0.25, -0.2) is 13.4 Å². The minimum absolute atomic E-state index is 0.120. The van der Waals surface area contributed by atoms with E-state index in [-0.39, 0.29) is 23.4 Å². The van der Waals surface area contributed by atoms with E-state index in [4.69, 9.17) is 0 Å². The number of nitrogens with one attached hydrogen (secondary N) is 2. The lowest BCUT2D eigenvalue weighted by molar-refractivity contribution is -0.122. The fraction of sp³-hybridized carbons (Fsp3) is 0.391. The molecule has 1 saturated carbocycles. The number of carbonyl (C=O) groups excluding carboxylic acids is 1. The van der Waals surface area contributed by atoms with E-state index >= 15 is 0 Å². The van der Waals surface area contributed by atoms with Crippen molar-refractivity contribution in [3.05, 3.63) is 48.5 Å². The summed E-state index contributed by atoms with van der Waals surface area (Å²) in [4.78, 5) is 20.3. The second kappa shape index (κ2) is 8.80. The Morgan fingerprint density at radius 2 is 1.90 bits per heavy atom. The van der Waals surface area contributed by atoms with Crippen LogP contribution in [0.1, 0.15) is 32.6 Å². The van der Waals surface area contributed by atoms with Crippen molar-refractivity contribution in [3.63, 3.8) is 0 Å². The first-order chi connectivity index (χ1) is 14.8. The zero-order chi connectivity index (χ0) is 22.0. The number of amides is 1. The summed E-state index contributed by atoms with van der Waals surface area (Å²) in [6.45, 7) is 1.93. The van der Waals surface area contributed by atoms with Crippen LogP contribution in [-0.4, -0.2) is 48.2 Å². The highest BCUT2D eigenvalue weighted by molar-refractivity contribution is 7.89. The summed E-state index contributed by atoms with van der Waals surface area (Å²) in [5.74, 6) is 0.833. The molecule has 2 atom stereocenters. The number of benzene rings is 2. The van der Waals surface area contributed by atoms with E-state index in [1.165, 1.54) is 19.5 Å². The maximum Gasteiger partial charge on any atom is 0.243 e. The molecule has 4 rings (SSSR count). The predicted octanol–water partition coefficient (Wildman–Crippen LogP) is 3.55. The third kappa shape index (κ3) is 4.65. The van der Waals surface area contributed by atoms with E-state index in [9.17, 15) is 13.2 Å². The fourth-order valence-corrected chi connectivity index (χ4v) is 5.29. The summed E-state index contributed by atoms with van der Waals surface area (Å²) in [6, 6.07) is 14.6. The van der Waals surface area contributed by atoms with Crippen LogP contribution in [0.2, 0.25) is 0 Å². The second-order valence-electron chi connectivity index (χ2n) is 8.33. The van der Waals surface area contributed by atoms with Crippen LogP contribution in [0, 0.1) is 5.92 Å². The van der Waals surface area contributed by atoms with Crippen LogP contribution in [0.25, 0.3) is 22.4 Å². The number of hydrogen-bond donors (Lipinski definition) is 2. The minimum Gasteiger partial charge on any atom is -0.352 e. The van der Waals surface area contributed by atoms with E-state index in [0.29, 0.717) is 22.8 Å². The highest BCUT2D eigenvalue weighted by atomic mass is 32.2. The summed E-state index contributed by atoms with van der Waals surface area (Å²) in [5, 5.41) is 3.01. The largest absolute Gasteiger partial charge is 0.352 e. The number of likely N-dealkylation sites (N-methyl/N-ethyl adjacent to an activating group) is 1. The van der Waals surface area contributed by atoms with Gasteiger partial charge in [-0.3, -0.25) is 4.79 Å². The third-order valence-electron chi connectivity index (χ3n) is 6.03. The van der Waals surface area contributed by atoms with Gasteiger partial charge in [0.1, 0.15) is 5.82 Å². The van der Waals surface area contributed by atoms with Crippen LogP contribution in [0.3, 0.4) is 0 Å². The van der Waals surface area contributed by atoms with E-state index in [1.54, 1.807) is 12.1 Å². The first-order valence-electron chi connectivity index (χ1n) is 10.7. The van der Waals surface area contributed by atoms with E-state index in [2.05, 4.69) is 22.2 Å².